The Morgan fingerprint density at radius 1 is 1.42 bits per heavy atom. The van der Waals surface area contributed by atoms with E-state index in [0.29, 0.717) is 23.3 Å². The van der Waals surface area contributed by atoms with Gasteiger partial charge in [-0.05, 0) is 37.6 Å². The number of aromatic nitrogens is 1. The summed E-state index contributed by atoms with van der Waals surface area (Å²) in [5.41, 5.74) is 1.83. The summed E-state index contributed by atoms with van der Waals surface area (Å²) in [6.45, 7) is 4.12. The van der Waals surface area contributed by atoms with Crippen molar-refractivity contribution in [1.82, 2.24) is 15.6 Å². The van der Waals surface area contributed by atoms with E-state index in [4.69, 9.17) is 4.42 Å². The van der Waals surface area contributed by atoms with Gasteiger partial charge in [0.1, 0.15) is 6.26 Å². The number of benzene rings is 1. The lowest BCUT2D eigenvalue weighted by Crippen LogP contribution is -2.48. The molecule has 0 bridgehead atoms. The fourth-order valence-corrected chi connectivity index (χ4v) is 3.52. The Balaban J connectivity index is 1.43. The van der Waals surface area contributed by atoms with E-state index in [1.54, 1.807) is 18.0 Å². The minimum absolute atomic E-state index is 0.102. The Labute approximate surface area is 146 Å². The zero-order valence-corrected chi connectivity index (χ0v) is 14.6. The molecule has 0 saturated carbocycles. The maximum Gasteiger partial charge on any atom is 0.230 e. The number of nitrogens with zero attached hydrogens (tertiary/aromatic N) is 1. The van der Waals surface area contributed by atoms with Gasteiger partial charge in [-0.1, -0.05) is 25.1 Å². The first kappa shape index (κ1) is 17.0. The fourth-order valence-electron chi connectivity index (χ4n) is 2.81. The van der Waals surface area contributed by atoms with Gasteiger partial charge in [-0.25, -0.2) is 4.98 Å². The molecule has 0 spiro atoms. The van der Waals surface area contributed by atoms with E-state index in [1.165, 1.54) is 0 Å². The van der Waals surface area contributed by atoms with Crippen LogP contribution >= 0.6 is 11.8 Å². The predicted molar refractivity (Wildman–Crippen MR) is 96.7 cm³/mol. The number of hydrogen-bond donors (Lipinski definition) is 2. The van der Waals surface area contributed by atoms with Crippen LogP contribution in [-0.2, 0) is 10.5 Å². The Morgan fingerprint density at radius 2 is 2.25 bits per heavy atom. The third kappa shape index (κ3) is 4.61. The van der Waals surface area contributed by atoms with Gasteiger partial charge in [-0.3, -0.25) is 4.79 Å². The van der Waals surface area contributed by atoms with E-state index in [0.717, 1.165) is 30.8 Å². The van der Waals surface area contributed by atoms with Crippen LogP contribution in [0.15, 0.2) is 41.0 Å². The van der Waals surface area contributed by atoms with E-state index >= 15 is 0 Å². The molecule has 2 atom stereocenters. The van der Waals surface area contributed by atoms with E-state index in [-0.39, 0.29) is 11.9 Å². The molecule has 1 aliphatic heterocycles. The topological polar surface area (TPSA) is 67.2 Å². The van der Waals surface area contributed by atoms with Crippen molar-refractivity contribution in [2.45, 2.75) is 25.1 Å². The third-order valence-electron chi connectivity index (χ3n) is 4.19. The van der Waals surface area contributed by atoms with Crippen molar-refractivity contribution in [3.05, 3.63) is 42.3 Å². The number of hydrogen-bond acceptors (Lipinski definition) is 5. The molecule has 0 aliphatic carbocycles. The van der Waals surface area contributed by atoms with Crippen molar-refractivity contribution < 1.29 is 9.21 Å². The van der Waals surface area contributed by atoms with Crippen LogP contribution in [-0.4, -0.2) is 35.8 Å². The van der Waals surface area contributed by atoms with Crippen LogP contribution in [0.4, 0.5) is 0 Å². The van der Waals surface area contributed by atoms with Crippen molar-refractivity contribution in [2.75, 3.05) is 18.8 Å². The highest BCUT2D eigenvalue weighted by Crippen LogP contribution is 2.20. The van der Waals surface area contributed by atoms with Crippen LogP contribution < -0.4 is 10.6 Å². The average Bonchev–Trinajstić information content (AvgIpc) is 3.07. The molecular formula is C18H23N3O2S. The molecule has 1 saturated heterocycles. The first-order valence-corrected chi connectivity index (χ1v) is 9.45. The van der Waals surface area contributed by atoms with Gasteiger partial charge in [-0.2, -0.15) is 0 Å². The highest BCUT2D eigenvalue weighted by molar-refractivity contribution is 7.99. The lowest BCUT2D eigenvalue weighted by atomic mass is 9.95. The molecule has 1 aromatic carbocycles. The van der Waals surface area contributed by atoms with Crippen molar-refractivity contribution in [1.29, 1.82) is 0 Å². The van der Waals surface area contributed by atoms with Crippen LogP contribution in [0.1, 0.15) is 19.0 Å². The predicted octanol–water partition coefficient (Wildman–Crippen LogP) is 2.69. The summed E-state index contributed by atoms with van der Waals surface area (Å²) >= 11 is 1.56. The van der Waals surface area contributed by atoms with Gasteiger partial charge in [0.15, 0.2) is 0 Å². The maximum atomic E-state index is 12.1. The summed E-state index contributed by atoms with van der Waals surface area (Å²) in [4.78, 5) is 16.6. The average molecular weight is 345 g/mol. The number of nitrogens with one attached hydrogen (secondary N) is 2. The fraction of sp³-hybridized carbons (Fsp3) is 0.444. The van der Waals surface area contributed by atoms with Crippen LogP contribution in [0.3, 0.4) is 0 Å². The molecule has 24 heavy (non-hydrogen) atoms. The number of oxazole rings is 1. The second-order valence-electron chi connectivity index (χ2n) is 6.15. The first-order chi connectivity index (χ1) is 11.7. The maximum absolute atomic E-state index is 12.1. The first-order valence-electron chi connectivity index (χ1n) is 8.30. The number of piperidine rings is 1. The molecule has 1 amide bonds. The standard InChI is InChI=1S/C18H23N3O2S/c1-13-9-19-8-7-16(13)21-17(22)12-24-11-15-10-23-18(20-15)14-5-3-2-4-6-14/h2-6,10,13,16,19H,7-9,11-12H2,1H3,(H,21,22). The van der Waals surface area contributed by atoms with Gasteiger partial charge in [0.25, 0.3) is 0 Å². The summed E-state index contributed by atoms with van der Waals surface area (Å²) in [5, 5.41) is 6.49. The molecule has 0 radical (unpaired) electrons. The van der Waals surface area contributed by atoms with E-state index in [9.17, 15) is 4.79 Å². The van der Waals surface area contributed by atoms with Crippen molar-refractivity contribution >= 4 is 17.7 Å². The normalized spacial score (nSPS) is 20.7. The molecule has 1 aliphatic rings. The molecule has 2 N–H and O–H groups in total. The molecule has 6 heteroatoms. The molecule has 128 valence electrons. The zero-order chi connectivity index (χ0) is 16.8. The Bertz CT molecular complexity index is 659. The summed E-state index contributed by atoms with van der Waals surface area (Å²) in [5.74, 6) is 2.33. The molecule has 2 heterocycles. The van der Waals surface area contributed by atoms with Gasteiger partial charge in [-0.15, -0.1) is 11.8 Å². The molecule has 2 aromatic rings. The summed E-state index contributed by atoms with van der Waals surface area (Å²) in [6, 6.07) is 10.1. The van der Waals surface area contributed by atoms with E-state index in [2.05, 4.69) is 22.5 Å². The lowest BCUT2D eigenvalue weighted by Gasteiger charge is -2.30. The molecule has 3 rings (SSSR count). The quantitative estimate of drug-likeness (QED) is 0.842. The summed E-state index contributed by atoms with van der Waals surface area (Å²) in [6.07, 6.45) is 2.67. The second kappa shape index (κ2) is 8.35. The minimum atomic E-state index is 0.102. The number of carbonyl (C=O) groups excluding carboxylic acids is 1. The van der Waals surface area contributed by atoms with Gasteiger partial charge in [0.05, 0.1) is 11.4 Å². The minimum Gasteiger partial charge on any atom is -0.444 e. The van der Waals surface area contributed by atoms with Crippen LogP contribution in [0.25, 0.3) is 11.5 Å². The largest absolute Gasteiger partial charge is 0.444 e. The lowest BCUT2D eigenvalue weighted by molar-refractivity contribution is -0.119. The highest BCUT2D eigenvalue weighted by atomic mass is 32.2. The monoisotopic (exact) mass is 345 g/mol. The number of rotatable bonds is 6. The van der Waals surface area contributed by atoms with E-state index < -0.39 is 0 Å². The van der Waals surface area contributed by atoms with Crippen molar-refractivity contribution in [2.24, 2.45) is 5.92 Å². The zero-order valence-electron chi connectivity index (χ0n) is 13.8. The Morgan fingerprint density at radius 3 is 3.04 bits per heavy atom. The molecule has 1 fully saturated rings. The molecule has 2 unspecified atom stereocenters. The number of thioether (sulfide) groups is 1. The number of amides is 1. The van der Waals surface area contributed by atoms with Crippen molar-refractivity contribution in [3.63, 3.8) is 0 Å². The molecule has 1 aromatic heterocycles. The Kier molecular flexibility index (Phi) is 5.93. The van der Waals surface area contributed by atoms with Gasteiger partial charge < -0.3 is 15.1 Å². The van der Waals surface area contributed by atoms with Gasteiger partial charge in [0, 0.05) is 17.4 Å². The van der Waals surface area contributed by atoms with Crippen LogP contribution in [0, 0.1) is 5.92 Å². The SMILES string of the molecule is CC1CNCCC1NC(=O)CSCc1coc(-c2ccccc2)n1. The van der Waals surface area contributed by atoms with E-state index in [1.807, 2.05) is 30.3 Å². The summed E-state index contributed by atoms with van der Waals surface area (Å²) < 4.78 is 5.51. The third-order valence-corrected chi connectivity index (χ3v) is 5.15. The highest BCUT2D eigenvalue weighted by Gasteiger charge is 2.22. The van der Waals surface area contributed by atoms with Crippen molar-refractivity contribution in [3.8, 4) is 11.5 Å². The summed E-state index contributed by atoms with van der Waals surface area (Å²) in [7, 11) is 0. The van der Waals surface area contributed by atoms with Gasteiger partial charge in [0.2, 0.25) is 11.8 Å². The van der Waals surface area contributed by atoms with Gasteiger partial charge >= 0.3 is 0 Å². The molecule has 5 nitrogen and oxygen atoms in total. The second-order valence-corrected chi connectivity index (χ2v) is 7.13. The Hall–Kier alpha value is -1.79. The molecular weight excluding hydrogens is 322 g/mol. The van der Waals surface area contributed by atoms with Crippen LogP contribution in [0.2, 0.25) is 0 Å². The smallest absolute Gasteiger partial charge is 0.230 e. The number of carbonyl (C=O) groups is 1. The van der Waals surface area contributed by atoms with Crippen LogP contribution in [0.5, 0.6) is 0 Å².